The van der Waals surface area contributed by atoms with Crippen LogP contribution in [0.25, 0.3) is 0 Å². The van der Waals surface area contributed by atoms with Crippen LogP contribution in [0, 0.1) is 18.6 Å². The molecule has 0 aliphatic carbocycles. The number of hydrogen-bond donors (Lipinski definition) is 1. The van der Waals surface area contributed by atoms with Gasteiger partial charge in [0.05, 0.1) is 6.04 Å². The number of nitrogens with two attached hydrogens (primary N) is 1. The Balaban J connectivity index is 2.67. The van der Waals surface area contributed by atoms with Gasteiger partial charge in [-0.15, -0.1) is 0 Å². The van der Waals surface area contributed by atoms with Crippen molar-refractivity contribution >= 4 is 0 Å². The van der Waals surface area contributed by atoms with E-state index in [0.29, 0.717) is 5.56 Å². The van der Waals surface area contributed by atoms with Gasteiger partial charge in [-0.05, 0) is 18.6 Å². The maximum atomic E-state index is 13.2. The Morgan fingerprint density at radius 2 is 2.15 bits per heavy atom. The lowest BCUT2D eigenvalue weighted by Gasteiger charge is -2.04. The van der Waals surface area contributed by atoms with E-state index in [0.717, 1.165) is 0 Å². The molecule has 0 aromatic heterocycles. The van der Waals surface area contributed by atoms with Crippen molar-refractivity contribution in [2.45, 2.75) is 13.0 Å². The molecule has 0 unspecified atom stereocenters. The fraction of sp³-hybridized carbons (Fsp3) is 0.333. The van der Waals surface area contributed by atoms with Crippen molar-refractivity contribution in [3.63, 3.8) is 0 Å². The van der Waals surface area contributed by atoms with Crippen LogP contribution in [0.1, 0.15) is 17.2 Å². The summed E-state index contributed by atoms with van der Waals surface area (Å²) >= 11 is 0. The molecule has 0 fully saturated rings. The minimum Gasteiger partial charge on any atom is -0.488 e. The van der Waals surface area contributed by atoms with Gasteiger partial charge in [-0.2, -0.15) is 4.39 Å². The second kappa shape index (κ2) is 2.67. The molecule has 0 bridgehead atoms. The van der Waals surface area contributed by atoms with Crippen LogP contribution < -0.4 is 10.5 Å². The largest absolute Gasteiger partial charge is 0.488 e. The summed E-state index contributed by atoms with van der Waals surface area (Å²) in [4.78, 5) is 0. The van der Waals surface area contributed by atoms with Crippen LogP contribution >= 0.6 is 0 Å². The Morgan fingerprint density at radius 3 is 2.85 bits per heavy atom. The predicted molar refractivity (Wildman–Crippen MR) is 43.5 cm³/mol. The van der Waals surface area contributed by atoms with Crippen molar-refractivity contribution in [3.05, 3.63) is 28.8 Å². The van der Waals surface area contributed by atoms with E-state index >= 15 is 0 Å². The molecule has 0 radical (unpaired) electrons. The number of halogens is 2. The number of aryl methyl sites for hydroxylation is 1. The highest BCUT2D eigenvalue weighted by Crippen LogP contribution is 2.35. The van der Waals surface area contributed by atoms with Crippen LogP contribution in [0.3, 0.4) is 0 Å². The van der Waals surface area contributed by atoms with Gasteiger partial charge in [0, 0.05) is 5.56 Å². The van der Waals surface area contributed by atoms with E-state index in [-0.39, 0.29) is 24.0 Å². The van der Waals surface area contributed by atoms with Crippen molar-refractivity contribution in [2.75, 3.05) is 6.61 Å². The average molecular weight is 185 g/mol. The standard InChI is InChI=1S/C9H9F2NO/c1-4-2-5-6(12)3-13-9(5)8(11)7(4)10/h2,6H,3,12H2,1H3/t6-/m1/s1. The highest BCUT2D eigenvalue weighted by atomic mass is 19.2. The van der Waals surface area contributed by atoms with Crippen LogP contribution in [0.15, 0.2) is 6.07 Å². The van der Waals surface area contributed by atoms with E-state index < -0.39 is 11.6 Å². The number of fused-ring (bicyclic) bond motifs is 1. The Labute approximate surface area is 74.3 Å². The molecule has 1 atom stereocenters. The summed E-state index contributed by atoms with van der Waals surface area (Å²) in [5, 5.41) is 0. The summed E-state index contributed by atoms with van der Waals surface area (Å²) in [5.74, 6) is -1.81. The molecule has 4 heteroatoms. The van der Waals surface area contributed by atoms with Crippen molar-refractivity contribution in [1.29, 1.82) is 0 Å². The summed E-state index contributed by atoms with van der Waals surface area (Å²) < 4.78 is 31.1. The molecule has 13 heavy (non-hydrogen) atoms. The quantitative estimate of drug-likeness (QED) is 0.667. The van der Waals surface area contributed by atoms with Gasteiger partial charge in [0.15, 0.2) is 11.6 Å². The second-order valence-electron chi connectivity index (χ2n) is 3.16. The van der Waals surface area contributed by atoms with Crippen LogP contribution in [-0.4, -0.2) is 6.61 Å². The molecule has 0 spiro atoms. The normalized spacial score (nSPS) is 19.8. The van der Waals surface area contributed by atoms with E-state index in [2.05, 4.69) is 0 Å². The summed E-state index contributed by atoms with van der Waals surface area (Å²) in [5.41, 5.74) is 6.43. The third-order valence-electron chi connectivity index (χ3n) is 2.18. The van der Waals surface area contributed by atoms with Gasteiger partial charge in [-0.3, -0.25) is 0 Å². The van der Waals surface area contributed by atoms with Gasteiger partial charge >= 0.3 is 0 Å². The zero-order chi connectivity index (χ0) is 9.59. The maximum absolute atomic E-state index is 13.2. The lowest BCUT2D eigenvalue weighted by molar-refractivity contribution is 0.314. The molecule has 0 saturated heterocycles. The van der Waals surface area contributed by atoms with Crippen LogP contribution in [0.5, 0.6) is 5.75 Å². The highest BCUT2D eigenvalue weighted by molar-refractivity contribution is 5.43. The third-order valence-corrected chi connectivity index (χ3v) is 2.18. The van der Waals surface area contributed by atoms with Gasteiger partial charge in [0.1, 0.15) is 6.61 Å². The van der Waals surface area contributed by atoms with Gasteiger partial charge < -0.3 is 10.5 Å². The molecule has 2 N–H and O–H groups in total. The SMILES string of the molecule is Cc1cc2c(c(F)c1F)OC[C@H]2N. The monoisotopic (exact) mass is 185 g/mol. The molecule has 2 rings (SSSR count). The minimum absolute atomic E-state index is 0.0319. The van der Waals surface area contributed by atoms with Gasteiger partial charge in [0.25, 0.3) is 0 Å². The van der Waals surface area contributed by atoms with Crippen molar-refractivity contribution in [1.82, 2.24) is 0 Å². The first-order valence-corrected chi connectivity index (χ1v) is 3.98. The van der Waals surface area contributed by atoms with Crippen molar-refractivity contribution < 1.29 is 13.5 Å². The Hall–Kier alpha value is -1.16. The summed E-state index contributed by atoms with van der Waals surface area (Å²) in [6.07, 6.45) is 0. The molecule has 0 saturated carbocycles. The molecule has 1 aromatic rings. The topological polar surface area (TPSA) is 35.2 Å². The predicted octanol–water partition coefficient (Wildman–Crippen LogP) is 1.67. The number of benzene rings is 1. The van der Waals surface area contributed by atoms with E-state index in [1.54, 1.807) is 0 Å². The summed E-state index contributed by atoms with van der Waals surface area (Å²) in [6, 6.07) is 1.19. The van der Waals surface area contributed by atoms with E-state index in [9.17, 15) is 8.78 Å². The maximum Gasteiger partial charge on any atom is 0.201 e. The first-order valence-electron chi connectivity index (χ1n) is 3.98. The van der Waals surface area contributed by atoms with Gasteiger partial charge in [-0.1, -0.05) is 0 Å². The Bertz CT molecular complexity index is 365. The Kier molecular flexibility index (Phi) is 1.73. The molecule has 70 valence electrons. The van der Waals surface area contributed by atoms with Crippen molar-refractivity contribution in [2.24, 2.45) is 5.73 Å². The van der Waals surface area contributed by atoms with Crippen LogP contribution in [-0.2, 0) is 0 Å². The first-order chi connectivity index (χ1) is 6.11. The molecule has 1 aromatic carbocycles. The third kappa shape index (κ3) is 1.09. The average Bonchev–Trinajstić information content (AvgIpc) is 2.45. The van der Waals surface area contributed by atoms with Crippen LogP contribution in [0.2, 0.25) is 0 Å². The zero-order valence-corrected chi connectivity index (χ0v) is 7.10. The molecule has 1 aliphatic heterocycles. The molecule has 0 amide bonds. The molecule has 1 aliphatic rings. The first kappa shape index (κ1) is 8.44. The molecular formula is C9H9F2NO. The lowest BCUT2D eigenvalue weighted by atomic mass is 10.1. The second-order valence-corrected chi connectivity index (χ2v) is 3.16. The fourth-order valence-corrected chi connectivity index (χ4v) is 1.45. The number of hydrogen-bond acceptors (Lipinski definition) is 2. The smallest absolute Gasteiger partial charge is 0.201 e. The van der Waals surface area contributed by atoms with E-state index in [4.69, 9.17) is 10.5 Å². The molecular weight excluding hydrogens is 176 g/mol. The van der Waals surface area contributed by atoms with Crippen LogP contribution in [0.4, 0.5) is 8.78 Å². The van der Waals surface area contributed by atoms with E-state index in [1.807, 2.05) is 0 Å². The zero-order valence-electron chi connectivity index (χ0n) is 7.10. The van der Waals surface area contributed by atoms with E-state index in [1.165, 1.54) is 13.0 Å². The number of ether oxygens (including phenoxy) is 1. The van der Waals surface area contributed by atoms with Gasteiger partial charge in [0.2, 0.25) is 5.82 Å². The molecule has 2 nitrogen and oxygen atoms in total. The Morgan fingerprint density at radius 1 is 1.46 bits per heavy atom. The highest BCUT2D eigenvalue weighted by Gasteiger charge is 2.27. The molecule has 1 heterocycles. The lowest BCUT2D eigenvalue weighted by Crippen LogP contribution is -2.10. The minimum atomic E-state index is -0.928. The summed E-state index contributed by atoms with van der Waals surface area (Å²) in [7, 11) is 0. The number of rotatable bonds is 0. The van der Waals surface area contributed by atoms with Gasteiger partial charge in [-0.25, -0.2) is 4.39 Å². The fourth-order valence-electron chi connectivity index (χ4n) is 1.45. The van der Waals surface area contributed by atoms with Crippen molar-refractivity contribution in [3.8, 4) is 5.75 Å². The summed E-state index contributed by atoms with van der Waals surface area (Å²) in [6.45, 7) is 1.72.